The summed E-state index contributed by atoms with van der Waals surface area (Å²) in [4.78, 5) is 38.2. The van der Waals surface area contributed by atoms with Gasteiger partial charge in [-0.3, -0.25) is 9.59 Å². The molecule has 2 amide bonds. The molecule has 2 aromatic carbocycles. The van der Waals surface area contributed by atoms with Gasteiger partial charge in [-0.05, 0) is 54.9 Å². The Balaban J connectivity index is 1.62. The van der Waals surface area contributed by atoms with Gasteiger partial charge in [0, 0.05) is 16.3 Å². The highest BCUT2D eigenvalue weighted by Crippen LogP contribution is 2.34. The van der Waals surface area contributed by atoms with Crippen LogP contribution in [0.1, 0.15) is 66.6 Å². The van der Waals surface area contributed by atoms with Crippen LogP contribution in [0.3, 0.4) is 0 Å². The van der Waals surface area contributed by atoms with Gasteiger partial charge in [0.1, 0.15) is 5.75 Å². The molecule has 38 heavy (non-hydrogen) atoms. The van der Waals surface area contributed by atoms with E-state index in [1.807, 2.05) is 30.3 Å². The number of aromatic hydroxyl groups is 1. The first kappa shape index (κ1) is 27.3. The molecule has 1 heterocycles. The summed E-state index contributed by atoms with van der Waals surface area (Å²) >= 11 is 6.34. The van der Waals surface area contributed by atoms with Crippen molar-refractivity contribution in [2.75, 3.05) is 5.32 Å². The predicted molar refractivity (Wildman–Crippen MR) is 147 cm³/mol. The number of unbranched alkanes of at least 4 members (excludes halogenated alkanes) is 1. The highest BCUT2D eigenvalue weighted by atomic mass is 35.5. The van der Waals surface area contributed by atoms with Crippen LogP contribution in [0.25, 0.3) is 0 Å². The highest BCUT2D eigenvalue weighted by Gasteiger charge is 2.27. The number of rotatable bonds is 10. The normalized spacial score (nSPS) is 13.1. The van der Waals surface area contributed by atoms with E-state index in [4.69, 9.17) is 11.6 Å². The molecular formula is C29H32ClN3O5. The molecular weight excluding hydrogens is 506 g/mol. The van der Waals surface area contributed by atoms with Gasteiger partial charge in [-0.15, -0.1) is 0 Å². The number of nitrogens with one attached hydrogen (secondary N) is 2. The fraction of sp³-hybridized carbons (Fsp3) is 0.345. The minimum Gasteiger partial charge on any atom is -0.505 e. The van der Waals surface area contributed by atoms with E-state index >= 15 is 0 Å². The summed E-state index contributed by atoms with van der Waals surface area (Å²) in [5.74, 6) is -1.32. The molecule has 1 aromatic heterocycles. The number of aliphatic carboxylic acids is 1. The molecule has 0 fully saturated rings. The van der Waals surface area contributed by atoms with Gasteiger partial charge in [0.05, 0.1) is 19.0 Å². The van der Waals surface area contributed by atoms with E-state index < -0.39 is 23.6 Å². The number of carbonyl (C=O) groups is 2. The molecule has 1 aliphatic rings. The number of nitrogens with zero attached hydrogens (tertiary/aromatic N) is 1. The van der Waals surface area contributed by atoms with E-state index in [1.54, 1.807) is 22.8 Å². The van der Waals surface area contributed by atoms with Gasteiger partial charge in [0.15, 0.2) is 5.69 Å². The fourth-order valence-electron chi connectivity index (χ4n) is 4.95. The fourth-order valence-corrected chi connectivity index (χ4v) is 5.14. The third kappa shape index (κ3) is 6.19. The maximum atomic E-state index is 13.5. The topological polar surface area (TPSA) is 121 Å². The van der Waals surface area contributed by atoms with E-state index in [-0.39, 0.29) is 24.4 Å². The summed E-state index contributed by atoms with van der Waals surface area (Å²) in [6.45, 7) is 2.30. The number of benzene rings is 2. The summed E-state index contributed by atoms with van der Waals surface area (Å²) in [5.41, 5.74) is 3.03. The van der Waals surface area contributed by atoms with Gasteiger partial charge >= 0.3 is 12.0 Å². The number of anilines is 1. The zero-order valence-corrected chi connectivity index (χ0v) is 22.1. The van der Waals surface area contributed by atoms with Crippen LogP contribution in [-0.4, -0.2) is 26.8 Å². The zero-order chi connectivity index (χ0) is 27.2. The van der Waals surface area contributed by atoms with Crippen LogP contribution in [-0.2, 0) is 30.6 Å². The lowest BCUT2D eigenvalue weighted by molar-refractivity contribution is -0.137. The van der Waals surface area contributed by atoms with Crippen molar-refractivity contribution in [1.29, 1.82) is 0 Å². The van der Waals surface area contributed by atoms with Crippen LogP contribution in [0.15, 0.2) is 53.3 Å². The standard InChI is InChI=1S/C29H32ClN3O5/c1-2-3-8-18-9-6-11-19(15-18)23(16-25(34)35)31-29(38)32-26-27(36)21-12-7-14-24(21)33(28(26)37)17-20-10-4-5-13-22(20)30/h4-6,9-11,13,15,23,36H,2-3,7-8,12,14,16-17H2,1H3,(H,34,35)(H2,31,32,38)/t23-/m0/s1. The second-order valence-electron chi connectivity index (χ2n) is 9.58. The largest absolute Gasteiger partial charge is 0.505 e. The smallest absolute Gasteiger partial charge is 0.319 e. The Hall–Kier alpha value is -3.78. The molecule has 1 aliphatic carbocycles. The van der Waals surface area contributed by atoms with Crippen LogP contribution in [0.2, 0.25) is 5.02 Å². The van der Waals surface area contributed by atoms with Crippen molar-refractivity contribution in [3.8, 4) is 5.75 Å². The van der Waals surface area contributed by atoms with Crippen LogP contribution in [0.5, 0.6) is 5.75 Å². The van der Waals surface area contributed by atoms with Gasteiger partial charge in [-0.2, -0.15) is 0 Å². The Labute approximate surface area is 226 Å². The van der Waals surface area contributed by atoms with Gasteiger partial charge < -0.3 is 25.4 Å². The number of urea groups is 1. The number of hydrogen-bond donors (Lipinski definition) is 4. The first-order chi connectivity index (χ1) is 18.3. The van der Waals surface area contributed by atoms with Crippen molar-refractivity contribution in [2.45, 2.75) is 64.5 Å². The van der Waals surface area contributed by atoms with E-state index in [9.17, 15) is 24.6 Å². The van der Waals surface area contributed by atoms with Gasteiger partial charge in [-0.1, -0.05) is 67.4 Å². The summed E-state index contributed by atoms with van der Waals surface area (Å²) in [6.07, 6.45) is 4.52. The number of halogens is 1. The predicted octanol–water partition coefficient (Wildman–Crippen LogP) is 5.42. The molecule has 0 unspecified atom stereocenters. The molecule has 4 rings (SSSR count). The van der Waals surface area contributed by atoms with Crippen molar-refractivity contribution in [3.63, 3.8) is 0 Å². The van der Waals surface area contributed by atoms with Crippen LogP contribution < -0.4 is 16.2 Å². The second-order valence-corrected chi connectivity index (χ2v) is 9.99. The number of fused-ring (bicyclic) bond motifs is 1. The van der Waals surface area contributed by atoms with Crippen LogP contribution in [0, 0.1) is 0 Å². The van der Waals surface area contributed by atoms with E-state index in [0.717, 1.165) is 42.5 Å². The number of carboxylic acid groups (broad SMARTS) is 1. The monoisotopic (exact) mass is 537 g/mol. The maximum absolute atomic E-state index is 13.5. The van der Waals surface area contributed by atoms with Crippen molar-refractivity contribution < 1.29 is 19.8 Å². The van der Waals surface area contributed by atoms with Gasteiger partial charge in [0.25, 0.3) is 5.56 Å². The number of pyridine rings is 1. The molecule has 1 atom stereocenters. The van der Waals surface area contributed by atoms with Gasteiger partial charge in [-0.25, -0.2) is 4.79 Å². The zero-order valence-electron chi connectivity index (χ0n) is 21.3. The SMILES string of the molecule is CCCCc1cccc([C@H](CC(=O)O)NC(=O)Nc2c(O)c3c(n(Cc4ccccc4Cl)c2=O)CCC3)c1. The number of amides is 2. The quantitative estimate of drug-likeness (QED) is 0.275. The average Bonchev–Trinajstić information content (AvgIpc) is 3.38. The Morgan fingerprint density at radius 3 is 2.66 bits per heavy atom. The van der Waals surface area contributed by atoms with E-state index in [1.165, 1.54) is 0 Å². The summed E-state index contributed by atoms with van der Waals surface area (Å²) in [5, 5.41) is 26.1. The number of carbonyl (C=O) groups excluding carboxylic acids is 1. The number of aromatic nitrogens is 1. The lowest BCUT2D eigenvalue weighted by atomic mass is 9.99. The Morgan fingerprint density at radius 2 is 1.92 bits per heavy atom. The van der Waals surface area contributed by atoms with Gasteiger partial charge in [0.2, 0.25) is 0 Å². The molecule has 200 valence electrons. The number of carboxylic acids is 1. The van der Waals surface area contributed by atoms with Crippen molar-refractivity contribution >= 4 is 29.3 Å². The molecule has 8 nitrogen and oxygen atoms in total. The van der Waals surface area contributed by atoms with Crippen molar-refractivity contribution in [3.05, 3.63) is 91.9 Å². The lowest BCUT2D eigenvalue weighted by Crippen LogP contribution is -2.37. The third-order valence-electron chi connectivity index (χ3n) is 6.88. The molecule has 4 N–H and O–H groups in total. The Bertz CT molecular complexity index is 1400. The Kier molecular flexibility index (Phi) is 8.73. The number of aryl methyl sites for hydroxylation is 1. The second kappa shape index (κ2) is 12.2. The highest BCUT2D eigenvalue weighted by molar-refractivity contribution is 6.31. The van der Waals surface area contributed by atoms with Crippen LogP contribution in [0.4, 0.5) is 10.5 Å². The molecule has 9 heteroatoms. The summed E-state index contributed by atoms with van der Waals surface area (Å²) in [7, 11) is 0. The molecule has 0 saturated heterocycles. The molecule has 0 bridgehead atoms. The average molecular weight is 538 g/mol. The van der Waals surface area contributed by atoms with Crippen LogP contribution >= 0.6 is 11.6 Å². The molecule has 0 spiro atoms. The minimum atomic E-state index is -1.07. The first-order valence-corrected chi connectivity index (χ1v) is 13.2. The van der Waals surface area contributed by atoms with Crippen molar-refractivity contribution in [2.24, 2.45) is 0 Å². The third-order valence-corrected chi connectivity index (χ3v) is 7.25. The maximum Gasteiger partial charge on any atom is 0.319 e. The Morgan fingerprint density at radius 1 is 1.13 bits per heavy atom. The van der Waals surface area contributed by atoms with Crippen molar-refractivity contribution in [1.82, 2.24) is 9.88 Å². The molecule has 0 radical (unpaired) electrons. The molecule has 0 aliphatic heterocycles. The summed E-state index contributed by atoms with van der Waals surface area (Å²) < 4.78 is 1.55. The van der Waals surface area contributed by atoms with E-state index in [0.29, 0.717) is 29.0 Å². The molecule has 0 saturated carbocycles. The lowest BCUT2D eigenvalue weighted by Gasteiger charge is -2.21. The minimum absolute atomic E-state index is 0.198. The summed E-state index contributed by atoms with van der Waals surface area (Å²) in [6, 6.07) is 13.1. The molecule has 3 aromatic rings. The first-order valence-electron chi connectivity index (χ1n) is 12.9. The van der Waals surface area contributed by atoms with E-state index in [2.05, 4.69) is 17.6 Å². The number of hydrogen-bond acceptors (Lipinski definition) is 4.